The second kappa shape index (κ2) is 8.50. The van der Waals surface area contributed by atoms with Crippen molar-refractivity contribution < 1.29 is 9.53 Å². The van der Waals surface area contributed by atoms with E-state index < -0.39 is 0 Å². The molecule has 2 atom stereocenters. The summed E-state index contributed by atoms with van der Waals surface area (Å²) in [6.45, 7) is 4.89. The Morgan fingerprint density at radius 1 is 1.55 bits per heavy atom. The molecule has 1 aromatic rings. The van der Waals surface area contributed by atoms with Gasteiger partial charge in [-0.15, -0.1) is 11.3 Å². The van der Waals surface area contributed by atoms with Gasteiger partial charge < -0.3 is 19.9 Å². The third kappa shape index (κ3) is 5.26. The van der Waals surface area contributed by atoms with Crippen molar-refractivity contribution in [2.45, 2.75) is 38.5 Å². The van der Waals surface area contributed by atoms with E-state index in [4.69, 9.17) is 4.74 Å². The van der Waals surface area contributed by atoms with Crippen molar-refractivity contribution in [3.63, 3.8) is 0 Å². The van der Waals surface area contributed by atoms with Crippen molar-refractivity contribution in [3.8, 4) is 0 Å². The van der Waals surface area contributed by atoms with Gasteiger partial charge in [-0.25, -0.2) is 4.79 Å². The van der Waals surface area contributed by atoms with Crippen LogP contribution in [0.15, 0.2) is 17.5 Å². The molecule has 1 N–H and O–H groups in total. The van der Waals surface area contributed by atoms with Crippen LogP contribution in [-0.4, -0.2) is 61.8 Å². The van der Waals surface area contributed by atoms with E-state index >= 15 is 0 Å². The van der Waals surface area contributed by atoms with E-state index in [1.54, 1.807) is 11.3 Å². The number of thiophene rings is 1. The Morgan fingerprint density at radius 2 is 2.36 bits per heavy atom. The standard InChI is InChI=1S/C16H27N3O2S/c1-13(18(2)3)10-17-16(20)19(11-14-6-4-8-21-14)12-15-7-5-9-22-15/h5,7,9,13-14H,4,6,8,10-12H2,1-3H3,(H,17,20)/t13-,14+/m0/s1. The highest BCUT2D eigenvalue weighted by molar-refractivity contribution is 7.09. The topological polar surface area (TPSA) is 44.8 Å². The maximum atomic E-state index is 12.5. The van der Waals surface area contributed by atoms with Gasteiger partial charge in [0, 0.05) is 30.6 Å². The first-order valence-corrected chi connectivity index (χ1v) is 8.77. The molecule has 6 heteroatoms. The second-order valence-electron chi connectivity index (χ2n) is 6.09. The minimum atomic E-state index is -0.00222. The zero-order valence-corrected chi connectivity index (χ0v) is 14.6. The van der Waals surface area contributed by atoms with Crippen molar-refractivity contribution in [2.24, 2.45) is 0 Å². The Morgan fingerprint density at radius 3 is 2.95 bits per heavy atom. The molecule has 0 radical (unpaired) electrons. The van der Waals surface area contributed by atoms with E-state index in [0.717, 1.165) is 19.4 Å². The summed E-state index contributed by atoms with van der Waals surface area (Å²) in [4.78, 5) is 17.7. The monoisotopic (exact) mass is 325 g/mol. The minimum Gasteiger partial charge on any atom is -0.376 e. The summed E-state index contributed by atoms with van der Waals surface area (Å²) in [5.74, 6) is 0. The molecule has 0 aliphatic carbocycles. The van der Waals surface area contributed by atoms with Crippen molar-refractivity contribution in [1.29, 1.82) is 0 Å². The van der Waals surface area contributed by atoms with E-state index in [1.807, 2.05) is 30.4 Å². The minimum absolute atomic E-state index is 0.00222. The maximum absolute atomic E-state index is 12.5. The van der Waals surface area contributed by atoms with Crippen LogP contribution in [0.5, 0.6) is 0 Å². The lowest BCUT2D eigenvalue weighted by atomic mass is 10.2. The fraction of sp³-hybridized carbons (Fsp3) is 0.688. The highest BCUT2D eigenvalue weighted by atomic mass is 32.1. The number of rotatable bonds is 7. The number of nitrogens with one attached hydrogen (secondary N) is 1. The van der Waals surface area contributed by atoms with E-state index in [-0.39, 0.29) is 12.1 Å². The van der Waals surface area contributed by atoms with Gasteiger partial charge in [-0.2, -0.15) is 0 Å². The van der Waals surface area contributed by atoms with Crippen molar-refractivity contribution in [2.75, 3.05) is 33.8 Å². The molecular weight excluding hydrogens is 298 g/mol. The SMILES string of the molecule is C[C@@H](CNC(=O)N(Cc1cccs1)C[C@H]1CCCO1)N(C)C. The van der Waals surface area contributed by atoms with Gasteiger partial charge in [-0.3, -0.25) is 0 Å². The normalized spacial score (nSPS) is 19.4. The smallest absolute Gasteiger partial charge is 0.317 e. The Balaban J connectivity index is 1.91. The Bertz CT molecular complexity index is 444. The van der Waals surface area contributed by atoms with Crippen LogP contribution >= 0.6 is 11.3 Å². The fourth-order valence-electron chi connectivity index (χ4n) is 2.37. The molecule has 1 aliphatic heterocycles. The van der Waals surface area contributed by atoms with E-state index in [9.17, 15) is 4.79 Å². The number of hydrogen-bond donors (Lipinski definition) is 1. The molecule has 0 unspecified atom stereocenters. The van der Waals surface area contributed by atoms with Crippen molar-refractivity contribution >= 4 is 17.4 Å². The van der Waals surface area contributed by atoms with Crippen LogP contribution in [0.25, 0.3) is 0 Å². The number of carbonyl (C=O) groups excluding carboxylic acids is 1. The van der Waals surface area contributed by atoms with E-state index in [1.165, 1.54) is 4.88 Å². The first kappa shape index (κ1) is 17.2. The number of nitrogens with zero attached hydrogens (tertiary/aromatic N) is 2. The molecule has 0 aromatic carbocycles. The largest absolute Gasteiger partial charge is 0.376 e. The van der Waals surface area contributed by atoms with Gasteiger partial charge in [-0.05, 0) is 45.3 Å². The molecule has 0 bridgehead atoms. The lowest BCUT2D eigenvalue weighted by Gasteiger charge is -2.27. The van der Waals surface area contributed by atoms with Gasteiger partial charge >= 0.3 is 6.03 Å². The predicted octanol–water partition coefficient (Wildman–Crippen LogP) is 2.39. The summed E-state index contributed by atoms with van der Waals surface area (Å²) in [6.07, 6.45) is 2.32. The van der Waals surface area contributed by atoms with Crippen LogP contribution in [0.1, 0.15) is 24.6 Å². The average molecular weight is 325 g/mol. The molecule has 0 saturated carbocycles. The summed E-state index contributed by atoms with van der Waals surface area (Å²) in [5, 5.41) is 5.09. The van der Waals surface area contributed by atoms with Crippen LogP contribution in [0.2, 0.25) is 0 Å². The van der Waals surface area contributed by atoms with Gasteiger partial charge in [0.1, 0.15) is 0 Å². The van der Waals surface area contributed by atoms with Gasteiger partial charge in [0.25, 0.3) is 0 Å². The summed E-state index contributed by atoms with van der Waals surface area (Å²) in [5.41, 5.74) is 0. The van der Waals surface area contributed by atoms with Crippen LogP contribution in [-0.2, 0) is 11.3 Å². The molecule has 1 fully saturated rings. The molecule has 5 nitrogen and oxygen atoms in total. The quantitative estimate of drug-likeness (QED) is 0.837. The molecular formula is C16H27N3O2S. The van der Waals surface area contributed by atoms with Crippen LogP contribution in [0.3, 0.4) is 0 Å². The molecule has 22 heavy (non-hydrogen) atoms. The van der Waals surface area contributed by atoms with Crippen molar-refractivity contribution in [3.05, 3.63) is 22.4 Å². The van der Waals surface area contributed by atoms with E-state index in [0.29, 0.717) is 25.7 Å². The Kier molecular flexibility index (Phi) is 6.67. The van der Waals surface area contributed by atoms with Crippen molar-refractivity contribution in [1.82, 2.24) is 15.1 Å². The summed E-state index contributed by atoms with van der Waals surface area (Å²) in [7, 11) is 4.04. The lowest BCUT2D eigenvalue weighted by molar-refractivity contribution is 0.0794. The number of carbonyl (C=O) groups is 1. The Labute approximate surface area is 137 Å². The number of urea groups is 1. The molecule has 0 spiro atoms. The number of likely N-dealkylation sites (N-methyl/N-ethyl adjacent to an activating group) is 1. The third-order valence-corrected chi connectivity index (χ3v) is 4.95. The number of amides is 2. The first-order valence-electron chi connectivity index (χ1n) is 7.89. The van der Waals surface area contributed by atoms with Gasteiger partial charge in [0.15, 0.2) is 0 Å². The summed E-state index contributed by atoms with van der Waals surface area (Å²) in [6, 6.07) is 4.41. The fourth-order valence-corrected chi connectivity index (χ4v) is 3.09. The molecule has 2 rings (SSSR count). The molecule has 1 saturated heterocycles. The zero-order valence-electron chi connectivity index (χ0n) is 13.7. The Hall–Kier alpha value is -1.11. The maximum Gasteiger partial charge on any atom is 0.317 e. The molecule has 124 valence electrons. The average Bonchev–Trinajstić information content (AvgIpc) is 3.17. The lowest BCUT2D eigenvalue weighted by Crippen LogP contribution is -2.46. The number of hydrogen-bond acceptors (Lipinski definition) is 4. The summed E-state index contributed by atoms with van der Waals surface area (Å²) >= 11 is 1.69. The van der Waals surface area contributed by atoms with Gasteiger partial charge in [0.05, 0.1) is 12.6 Å². The molecule has 1 aliphatic rings. The molecule has 2 heterocycles. The summed E-state index contributed by atoms with van der Waals surface area (Å²) < 4.78 is 5.69. The third-order valence-electron chi connectivity index (χ3n) is 4.09. The van der Waals surface area contributed by atoms with E-state index in [2.05, 4.69) is 23.2 Å². The van der Waals surface area contributed by atoms with Gasteiger partial charge in [-0.1, -0.05) is 6.07 Å². The zero-order chi connectivity index (χ0) is 15.9. The highest BCUT2D eigenvalue weighted by Crippen LogP contribution is 2.17. The second-order valence-corrected chi connectivity index (χ2v) is 7.13. The van der Waals surface area contributed by atoms with Crippen LogP contribution in [0.4, 0.5) is 4.79 Å². The van der Waals surface area contributed by atoms with Crippen LogP contribution < -0.4 is 5.32 Å². The predicted molar refractivity (Wildman–Crippen MR) is 90.3 cm³/mol. The van der Waals surface area contributed by atoms with Crippen LogP contribution in [0, 0.1) is 0 Å². The first-order chi connectivity index (χ1) is 10.6. The molecule has 2 amide bonds. The van der Waals surface area contributed by atoms with Gasteiger partial charge in [0.2, 0.25) is 0 Å². The number of ether oxygens (including phenoxy) is 1. The highest BCUT2D eigenvalue weighted by Gasteiger charge is 2.23. The molecule has 1 aromatic heterocycles.